The van der Waals surface area contributed by atoms with Crippen LogP contribution >= 0.6 is 0 Å². The molecule has 32 heavy (non-hydrogen) atoms. The summed E-state index contributed by atoms with van der Waals surface area (Å²) in [5.41, 5.74) is 5.73. The van der Waals surface area contributed by atoms with Crippen LogP contribution < -0.4 is 4.74 Å². The number of benzene rings is 2. The molecule has 0 spiro atoms. The largest absolute Gasteiger partial charge is 0.497 e. The summed E-state index contributed by atoms with van der Waals surface area (Å²) in [6, 6.07) is 16.6. The molecule has 0 radical (unpaired) electrons. The van der Waals surface area contributed by atoms with Crippen molar-refractivity contribution in [1.82, 2.24) is 19.2 Å². The number of nitrogens with zero attached hydrogens (tertiary/aromatic N) is 4. The van der Waals surface area contributed by atoms with E-state index in [0.717, 1.165) is 36.3 Å². The fraction of sp³-hybridized carbons (Fsp3) is 0.308. The molecule has 0 aliphatic carbocycles. The number of carbonyl (C=O) groups excluding carboxylic acids is 1. The number of aryl methyl sites for hydroxylation is 1. The zero-order valence-corrected chi connectivity index (χ0v) is 18.4. The molecule has 6 nitrogen and oxygen atoms in total. The van der Waals surface area contributed by atoms with Crippen LogP contribution in [0.2, 0.25) is 0 Å². The second kappa shape index (κ2) is 7.26. The summed E-state index contributed by atoms with van der Waals surface area (Å²) in [5, 5.41) is 5.87. The maximum Gasteiger partial charge on any atom is 0.227 e. The smallest absolute Gasteiger partial charge is 0.227 e. The second-order valence-corrected chi connectivity index (χ2v) is 8.87. The number of fused-ring (bicyclic) bond motifs is 5. The third kappa shape index (κ3) is 2.86. The van der Waals surface area contributed by atoms with Gasteiger partial charge in [0, 0.05) is 42.2 Å². The van der Waals surface area contributed by atoms with Gasteiger partial charge in [0.15, 0.2) is 0 Å². The molecule has 6 heteroatoms. The molecule has 4 heterocycles. The van der Waals surface area contributed by atoms with Gasteiger partial charge >= 0.3 is 0 Å². The number of aromatic nitrogens is 3. The Labute approximate surface area is 187 Å². The van der Waals surface area contributed by atoms with Gasteiger partial charge in [-0.2, -0.15) is 5.10 Å². The van der Waals surface area contributed by atoms with Crippen LogP contribution in [0.4, 0.5) is 0 Å². The maximum absolute atomic E-state index is 13.5. The molecule has 1 saturated heterocycles. The number of hydrogen-bond donors (Lipinski definition) is 0. The van der Waals surface area contributed by atoms with Gasteiger partial charge < -0.3 is 14.2 Å². The average molecular weight is 427 g/mol. The van der Waals surface area contributed by atoms with Gasteiger partial charge in [0.1, 0.15) is 5.75 Å². The van der Waals surface area contributed by atoms with E-state index < -0.39 is 0 Å². The fourth-order valence-corrected chi connectivity index (χ4v) is 5.62. The normalized spacial score (nSPS) is 19.4. The molecule has 2 aliphatic rings. The first-order valence-electron chi connectivity index (χ1n) is 11.2. The molecule has 0 unspecified atom stereocenters. The van der Waals surface area contributed by atoms with Crippen LogP contribution in [0.15, 0.2) is 60.9 Å². The average Bonchev–Trinajstić information content (AvgIpc) is 3.48. The quantitative estimate of drug-likeness (QED) is 0.491. The highest BCUT2D eigenvalue weighted by Crippen LogP contribution is 2.44. The molecule has 2 aromatic carbocycles. The summed E-state index contributed by atoms with van der Waals surface area (Å²) in [7, 11) is 3.72. The van der Waals surface area contributed by atoms with Crippen molar-refractivity contribution in [2.75, 3.05) is 7.11 Å². The zero-order chi connectivity index (χ0) is 21.8. The maximum atomic E-state index is 13.5. The van der Waals surface area contributed by atoms with Gasteiger partial charge in [-0.05, 0) is 48.7 Å². The highest BCUT2D eigenvalue weighted by atomic mass is 16.5. The van der Waals surface area contributed by atoms with Crippen LogP contribution in [0.25, 0.3) is 16.6 Å². The summed E-state index contributed by atoms with van der Waals surface area (Å²) in [4.78, 5) is 15.7. The lowest BCUT2D eigenvalue weighted by atomic mass is 9.98. The Morgan fingerprint density at radius 2 is 1.94 bits per heavy atom. The Balaban J connectivity index is 1.30. The Hall–Kier alpha value is -3.54. The minimum absolute atomic E-state index is 0.123. The minimum Gasteiger partial charge on any atom is -0.497 e. The van der Waals surface area contributed by atoms with Crippen LogP contribution in [0.5, 0.6) is 5.75 Å². The van der Waals surface area contributed by atoms with E-state index in [9.17, 15) is 4.79 Å². The van der Waals surface area contributed by atoms with Gasteiger partial charge in [-0.1, -0.05) is 18.2 Å². The van der Waals surface area contributed by atoms with Crippen LogP contribution in [0.3, 0.4) is 0 Å². The second-order valence-electron chi connectivity index (χ2n) is 8.87. The third-order valence-corrected chi connectivity index (χ3v) is 7.12. The number of ether oxygens (including phenoxy) is 1. The number of amides is 1. The zero-order valence-electron chi connectivity index (χ0n) is 18.4. The van der Waals surface area contributed by atoms with E-state index in [-0.39, 0.29) is 18.0 Å². The molecule has 2 aliphatic heterocycles. The standard InChI is InChI=1S/C26H26N4O2/c1-28-16-17(21-5-3-4-6-23(21)28)13-26(31)29-19-9-12-24(29)22-15-27-30(25(22)14-19)18-7-10-20(32-2)11-8-18/h3-8,10-11,15-16,19,24H,9,12-14H2,1-2H3/t19-,24-/m0/s1. The summed E-state index contributed by atoms with van der Waals surface area (Å²) in [6.07, 6.45) is 7.40. The molecule has 0 saturated carbocycles. The summed E-state index contributed by atoms with van der Waals surface area (Å²) in [5.74, 6) is 1.05. The number of rotatable bonds is 4. The van der Waals surface area contributed by atoms with Crippen molar-refractivity contribution in [3.05, 3.63) is 77.7 Å². The Bertz CT molecular complexity index is 1320. The SMILES string of the molecule is COc1ccc(-n2ncc3c2C[C@@H]2CC[C@@H]3N2C(=O)Cc2cn(C)c3ccccc23)cc1. The molecule has 162 valence electrons. The van der Waals surface area contributed by atoms with Crippen molar-refractivity contribution < 1.29 is 9.53 Å². The van der Waals surface area contributed by atoms with Crippen LogP contribution in [-0.4, -0.2) is 38.3 Å². The van der Waals surface area contributed by atoms with Gasteiger partial charge in [0.05, 0.1) is 37.2 Å². The van der Waals surface area contributed by atoms with Crippen molar-refractivity contribution in [1.29, 1.82) is 0 Å². The topological polar surface area (TPSA) is 52.3 Å². The van der Waals surface area contributed by atoms with Crippen LogP contribution in [0, 0.1) is 0 Å². The molecular weight excluding hydrogens is 400 g/mol. The monoisotopic (exact) mass is 426 g/mol. The first kappa shape index (κ1) is 19.2. The molecule has 2 aromatic heterocycles. The van der Waals surface area contributed by atoms with E-state index in [4.69, 9.17) is 9.84 Å². The van der Waals surface area contributed by atoms with E-state index in [1.165, 1.54) is 22.2 Å². The predicted molar refractivity (Wildman–Crippen MR) is 123 cm³/mol. The highest BCUT2D eigenvalue weighted by molar-refractivity contribution is 5.89. The predicted octanol–water partition coefficient (Wildman–Crippen LogP) is 4.20. The van der Waals surface area contributed by atoms with E-state index in [1.54, 1.807) is 7.11 Å². The third-order valence-electron chi connectivity index (χ3n) is 7.12. The van der Waals surface area contributed by atoms with Crippen molar-refractivity contribution in [3.8, 4) is 11.4 Å². The number of carbonyl (C=O) groups is 1. The highest BCUT2D eigenvalue weighted by Gasteiger charge is 2.44. The fourth-order valence-electron chi connectivity index (χ4n) is 5.62. The van der Waals surface area contributed by atoms with Crippen molar-refractivity contribution >= 4 is 16.8 Å². The molecule has 6 rings (SSSR count). The molecule has 1 amide bonds. The van der Waals surface area contributed by atoms with E-state index in [2.05, 4.69) is 27.8 Å². The van der Waals surface area contributed by atoms with Gasteiger partial charge in [0.25, 0.3) is 0 Å². The van der Waals surface area contributed by atoms with Gasteiger partial charge in [-0.3, -0.25) is 4.79 Å². The Morgan fingerprint density at radius 3 is 2.75 bits per heavy atom. The Kier molecular flexibility index (Phi) is 4.35. The van der Waals surface area contributed by atoms with Gasteiger partial charge in [-0.15, -0.1) is 0 Å². The van der Waals surface area contributed by atoms with Crippen molar-refractivity contribution in [2.24, 2.45) is 7.05 Å². The molecule has 1 fully saturated rings. The lowest BCUT2D eigenvalue weighted by Gasteiger charge is -2.35. The molecular formula is C26H26N4O2. The summed E-state index contributed by atoms with van der Waals surface area (Å²) >= 11 is 0. The molecule has 2 atom stereocenters. The van der Waals surface area contributed by atoms with Crippen LogP contribution in [-0.2, 0) is 24.7 Å². The first-order valence-corrected chi connectivity index (χ1v) is 11.2. The number of para-hydroxylation sites is 1. The number of methoxy groups -OCH3 is 1. The van der Waals surface area contributed by atoms with Crippen LogP contribution in [0.1, 0.15) is 35.7 Å². The van der Waals surface area contributed by atoms with Gasteiger partial charge in [-0.25, -0.2) is 4.68 Å². The number of hydrogen-bond acceptors (Lipinski definition) is 3. The first-order chi connectivity index (χ1) is 15.6. The minimum atomic E-state index is 0.123. The van der Waals surface area contributed by atoms with E-state index >= 15 is 0 Å². The molecule has 0 N–H and O–H groups in total. The summed E-state index contributed by atoms with van der Waals surface area (Å²) in [6.45, 7) is 0. The molecule has 4 aromatic rings. The van der Waals surface area contributed by atoms with Crippen molar-refractivity contribution in [2.45, 2.75) is 37.8 Å². The van der Waals surface area contributed by atoms with E-state index in [1.807, 2.05) is 54.3 Å². The van der Waals surface area contributed by atoms with Crippen molar-refractivity contribution in [3.63, 3.8) is 0 Å². The Morgan fingerprint density at radius 1 is 1.12 bits per heavy atom. The lowest BCUT2D eigenvalue weighted by molar-refractivity contribution is -0.134. The lowest BCUT2D eigenvalue weighted by Crippen LogP contribution is -2.42. The molecule has 2 bridgehead atoms. The van der Waals surface area contributed by atoms with Gasteiger partial charge in [0.2, 0.25) is 5.91 Å². The van der Waals surface area contributed by atoms with E-state index in [0.29, 0.717) is 6.42 Å². The summed E-state index contributed by atoms with van der Waals surface area (Å²) < 4.78 is 9.43.